The summed E-state index contributed by atoms with van der Waals surface area (Å²) in [4.78, 5) is 40.7. The minimum Gasteiger partial charge on any atom is -0.463 e. The summed E-state index contributed by atoms with van der Waals surface area (Å²) in [6, 6.07) is 6.64. The lowest BCUT2D eigenvalue weighted by atomic mass is 9.84. The number of nitrogens with one attached hydrogen (secondary N) is 2. The highest BCUT2D eigenvalue weighted by Crippen LogP contribution is 2.24. The van der Waals surface area contributed by atoms with Crippen molar-refractivity contribution in [3.8, 4) is 0 Å². The third-order valence-corrected chi connectivity index (χ3v) is 6.29. The molecule has 188 valence electrons. The maximum absolute atomic E-state index is 13.7. The van der Waals surface area contributed by atoms with Crippen molar-refractivity contribution in [3.63, 3.8) is 0 Å². The fourth-order valence-electron chi connectivity index (χ4n) is 4.20. The molecule has 0 radical (unpaired) electrons. The zero-order valence-corrected chi connectivity index (χ0v) is 21.9. The van der Waals surface area contributed by atoms with Gasteiger partial charge in [-0.2, -0.15) is 0 Å². The quantitative estimate of drug-likeness (QED) is 0.449. The number of rotatable bonds is 8. The van der Waals surface area contributed by atoms with Gasteiger partial charge in [-0.1, -0.05) is 65.0 Å². The summed E-state index contributed by atoms with van der Waals surface area (Å²) in [5.41, 5.74) is 2.30. The fraction of sp³-hybridized carbons (Fsp3) is 0.593. The molecule has 3 atom stereocenters. The Labute approximate surface area is 204 Å². The maximum Gasteiger partial charge on any atom is 0.333 e. The Balaban J connectivity index is 2.21. The van der Waals surface area contributed by atoms with Crippen LogP contribution in [0.2, 0.25) is 0 Å². The molecule has 0 saturated carbocycles. The molecule has 1 aromatic rings. The number of benzene rings is 1. The topological polar surface area (TPSA) is 87.7 Å². The second-order valence-corrected chi connectivity index (χ2v) is 10.5. The van der Waals surface area contributed by atoms with Crippen LogP contribution in [0.3, 0.4) is 0 Å². The second-order valence-electron chi connectivity index (χ2n) is 10.5. The molecule has 7 heteroatoms. The lowest BCUT2D eigenvalue weighted by Crippen LogP contribution is -2.59. The first-order valence-electron chi connectivity index (χ1n) is 12.1. The van der Waals surface area contributed by atoms with Crippen molar-refractivity contribution < 1.29 is 19.1 Å². The van der Waals surface area contributed by atoms with E-state index in [9.17, 15) is 14.4 Å². The number of amides is 2. The largest absolute Gasteiger partial charge is 0.463 e. The van der Waals surface area contributed by atoms with E-state index in [1.165, 1.54) is 5.56 Å². The van der Waals surface area contributed by atoms with E-state index in [-0.39, 0.29) is 23.8 Å². The minimum absolute atomic E-state index is 0.0613. The van der Waals surface area contributed by atoms with Crippen LogP contribution in [-0.2, 0) is 32.1 Å². The van der Waals surface area contributed by atoms with E-state index in [0.717, 1.165) is 5.56 Å². The molecule has 1 aliphatic rings. The number of esters is 1. The van der Waals surface area contributed by atoms with Crippen molar-refractivity contribution in [2.75, 3.05) is 13.7 Å². The van der Waals surface area contributed by atoms with Gasteiger partial charge in [0.05, 0.1) is 18.7 Å². The SMILES string of the molecule is CCOC(=O)/C(C)=C/C(C(C)C)N(C)C(=O)C(NC(=O)C1Cc2ccccc2CN1)C(C)(C)C. The molecule has 7 nitrogen and oxygen atoms in total. The summed E-state index contributed by atoms with van der Waals surface area (Å²) in [6.07, 6.45) is 2.36. The summed E-state index contributed by atoms with van der Waals surface area (Å²) in [6.45, 7) is 14.2. The van der Waals surface area contributed by atoms with E-state index in [1.807, 2.05) is 52.8 Å². The van der Waals surface area contributed by atoms with Crippen LogP contribution < -0.4 is 10.6 Å². The predicted molar refractivity (Wildman–Crippen MR) is 134 cm³/mol. The van der Waals surface area contributed by atoms with E-state index >= 15 is 0 Å². The van der Waals surface area contributed by atoms with Gasteiger partial charge in [-0.05, 0) is 42.7 Å². The van der Waals surface area contributed by atoms with Crippen LogP contribution in [0, 0.1) is 11.3 Å². The minimum atomic E-state index is -0.721. The molecule has 1 aromatic carbocycles. The highest BCUT2D eigenvalue weighted by Gasteiger charge is 2.38. The van der Waals surface area contributed by atoms with Gasteiger partial charge < -0.3 is 20.3 Å². The first-order valence-corrected chi connectivity index (χ1v) is 12.1. The normalized spacial score (nSPS) is 18.0. The van der Waals surface area contributed by atoms with Crippen molar-refractivity contribution >= 4 is 17.8 Å². The van der Waals surface area contributed by atoms with E-state index < -0.39 is 23.5 Å². The van der Waals surface area contributed by atoms with Gasteiger partial charge >= 0.3 is 5.97 Å². The van der Waals surface area contributed by atoms with Crippen molar-refractivity contribution in [2.24, 2.45) is 11.3 Å². The summed E-state index contributed by atoms with van der Waals surface area (Å²) < 4.78 is 5.10. The molecule has 0 saturated heterocycles. The zero-order chi connectivity index (χ0) is 25.6. The summed E-state index contributed by atoms with van der Waals surface area (Å²) in [7, 11) is 1.72. The molecule has 3 unspecified atom stereocenters. The Morgan fingerprint density at radius 1 is 1.21 bits per heavy atom. The monoisotopic (exact) mass is 471 g/mol. The number of carbonyl (C=O) groups is 3. The van der Waals surface area contributed by atoms with Crippen LogP contribution in [0.1, 0.15) is 59.6 Å². The highest BCUT2D eigenvalue weighted by molar-refractivity contribution is 5.91. The van der Waals surface area contributed by atoms with Gasteiger partial charge in [-0.25, -0.2) is 4.79 Å². The van der Waals surface area contributed by atoms with E-state index in [1.54, 1.807) is 31.9 Å². The standard InChI is InChI=1S/C27H41N3O4/c1-9-34-26(33)18(4)14-22(17(2)3)30(8)25(32)23(27(5,6)7)29-24(31)21-15-19-12-10-11-13-20(19)16-28-21/h10-14,17,21-23,28H,9,15-16H2,1-8H3,(H,29,31)/b18-14+. The Morgan fingerprint density at radius 3 is 2.38 bits per heavy atom. The molecule has 1 aliphatic heterocycles. The summed E-state index contributed by atoms with van der Waals surface area (Å²) in [5.74, 6) is -0.705. The number of fused-ring (bicyclic) bond motifs is 1. The van der Waals surface area contributed by atoms with Gasteiger partial charge in [0.2, 0.25) is 11.8 Å². The lowest BCUT2D eigenvalue weighted by molar-refractivity contribution is -0.141. The third-order valence-electron chi connectivity index (χ3n) is 6.29. The van der Waals surface area contributed by atoms with Gasteiger partial charge in [0.1, 0.15) is 6.04 Å². The molecule has 0 spiro atoms. The van der Waals surface area contributed by atoms with Crippen molar-refractivity contribution in [3.05, 3.63) is 47.0 Å². The van der Waals surface area contributed by atoms with Crippen LogP contribution in [0.25, 0.3) is 0 Å². The highest BCUT2D eigenvalue weighted by atomic mass is 16.5. The van der Waals surface area contributed by atoms with Gasteiger partial charge in [0.15, 0.2) is 0 Å². The van der Waals surface area contributed by atoms with Crippen LogP contribution in [0.4, 0.5) is 0 Å². The Hall–Kier alpha value is -2.67. The second kappa shape index (κ2) is 11.6. The first-order chi connectivity index (χ1) is 15.9. The number of carbonyl (C=O) groups excluding carboxylic acids is 3. The van der Waals surface area contributed by atoms with Gasteiger partial charge in [-0.15, -0.1) is 0 Å². The predicted octanol–water partition coefficient (Wildman–Crippen LogP) is 3.22. The van der Waals surface area contributed by atoms with Crippen LogP contribution in [0.5, 0.6) is 0 Å². The number of nitrogens with zero attached hydrogens (tertiary/aromatic N) is 1. The molecule has 0 aliphatic carbocycles. The average Bonchev–Trinajstić information content (AvgIpc) is 2.78. The van der Waals surface area contributed by atoms with Crippen molar-refractivity contribution in [1.29, 1.82) is 0 Å². The van der Waals surface area contributed by atoms with Gasteiger partial charge in [0, 0.05) is 19.2 Å². The molecular weight excluding hydrogens is 430 g/mol. The van der Waals surface area contributed by atoms with Crippen LogP contribution in [-0.4, -0.2) is 54.5 Å². The van der Waals surface area contributed by atoms with Crippen molar-refractivity contribution in [1.82, 2.24) is 15.5 Å². The number of ether oxygens (including phenoxy) is 1. The average molecular weight is 472 g/mol. The van der Waals surface area contributed by atoms with Crippen LogP contribution >= 0.6 is 0 Å². The molecule has 1 heterocycles. The Kier molecular flexibility index (Phi) is 9.45. The third kappa shape index (κ3) is 6.92. The Morgan fingerprint density at radius 2 is 1.82 bits per heavy atom. The van der Waals surface area contributed by atoms with E-state index in [0.29, 0.717) is 25.1 Å². The number of hydrogen-bond donors (Lipinski definition) is 2. The molecular formula is C27H41N3O4. The molecule has 2 rings (SSSR count). The van der Waals surface area contributed by atoms with Crippen molar-refractivity contribution in [2.45, 2.75) is 79.6 Å². The van der Waals surface area contributed by atoms with Gasteiger partial charge in [-0.3, -0.25) is 9.59 Å². The number of hydrogen-bond acceptors (Lipinski definition) is 5. The molecule has 0 aromatic heterocycles. The Bertz CT molecular complexity index is 917. The first kappa shape index (κ1) is 27.6. The fourth-order valence-corrected chi connectivity index (χ4v) is 4.20. The van der Waals surface area contributed by atoms with E-state index in [2.05, 4.69) is 16.7 Å². The van der Waals surface area contributed by atoms with Crippen LogP contribution in [0.15, 0.2) is 35.9 Å². The molecule has 34 heavy (non-hydrogen) atoms. The van der Waals surface area contributed by atoms with Gasteiger partial charge in [0.25, 0.3) is 0 Å². The molecule has 2 N–H and O–H groups in total. The lowest BCUT2D eigenvalue weighted by Gasteiger charge is -2.38. The zero-order valence-electron chi connectivity index (χ0n) is 21.9. The summed E-state index contributed by atoms with van der Waals surface area (Å²) in [5, 5.41) is 6.32. The number of likely N-dealkylation sites (N-methyl/N-ethyl adjacent to an activating group) is 1. The molecule has 2 amide bonds. The molecule has 0 bridgehead atoms. The maximum atomic E-state index is 13.7. The van der Waals surface area contributed by atoms with E-state index in [4.69, 9.17) is 4.74 Å². The molecule has 0 fully saturated rings. The summed E-state index contributed by atoms with van der Waals surface area (Å²) >= 11 is 0. The smallest absolute Gasteiger partial charge is 0.333 e.